The fourth-order valence-corrected chi connectivity index (χ4v) is 2.61. The zero-order valence-electron chi connectivity index (χ0n) is 14.3. The van der Waals surface area contributed by atoms with Crippen molar-refractivity contribution in [1.29, 1.82) is 0 Å². The van der Waals surface area contributed by atoms with Gasteiger partial charge in [-0.3, -0.25) is 9.59 Å². The Morgan fingerprint density at radius 1 is 1.12 bits per heavy atom. The summed E-state index contributed by atoms with van der Waals surface area (Å²) in [5.74, 6) is 0.176. The number of hydrogen-bond donors (Lipinski definition) is 4. The SMILES string of the molecule is COc1ccc(CNC(=O)C[C@@H]2O[C@H](CNC(C)=O)[C@@H](O)[C@H]2O)cc1. The molecule has 4 N–H and O–H groups in total. The molecule has 2 amide bonds. The number of ether oxygens (including phenoxy) is 2. The van der Waals surface area contributed by atoms with Crippen molar-refractivity contribution in [1.82, 2.24) is 10.6 Å². The monoisotopic (exact) mass is 352 g/mol. The van der Waals surface area contributed by atoms with Crippen molar-refractivity contribution < 1.29 is 29.3 Å². The van der Waals surface area contributed by atoms with Gasteiger partial charge in [0.2, 0.25) is 11.8 Å². The molecular weight excluding hydrogens is 328 g/mol. The number of hydrogen-bond acceptors (Lipinski definition) is 6. The number of methoxy groups -OCH3 is 1. The molecule has 0 spiro atoms. The number of rotatable bonds is 7. The second kappa shape index (κ2) is 8.80. The van der Waals surface area contributed by atoms with Crippen LogP contribution in [0.4, 0.5) is 0 Å². The predicted molar refractivity (Wildman–Crippen MR) is 88.8 cm³/mol. The average Bonchev–Trinajstić information content (AvgIpc) is 2.86. The molecule has 0 aliphatic carbocycles. The summed E-state index contributed by atoms with van der Waals surface area (Å²) in [4.78, 5) is 23.0. The van der Waals surface area contributed by atoms with Gasteiger partial charge in [0.05, 0.1) is 19.6 Å². The zero-order valence-corrected chi connectivity index (χ0v) is 14.3. The molecular formula is C17H24N2O6. The normalized spacial score (nSPS) is 25.4. The second-order valence-electron chi connectivity index (χ2n) is 5.96. The Morgan fingerprint density at radius 3 is 2.36 bits per heavy atom. The molecule has 1 aromatic carbocycles. The summed E-state index contributed by atoms with van der Waals surface area (Å²) < 4.78 is 10.6. The average molecular weight is 352 g/mol. The van der Waals surface area contributed by atoms with E-state index >= 15 is 0 Å². The van der Waals surface area contributed by atoms with Crippen LogP contribution in [0.5, 0.6) is 5.75 Å². The highest BCUT2D eigenvalue weighted by Crippen LogP contribution is 2.23. The minimum atomic E-state index is -1.18. The van der Waals surface area contributed by atoms with Crippen molar-refractivity contribution in [3.63, 3.8) is 0 Å². The number of amides is 2. The molecule has 4 atom stereocenters. The van der Waals surface area contributed by atoms with Gasteiger partial charge in [-0.15, -0.1) is 0 Å². The Hall–Kier alpha value is -2.16. The van der Waals surface area contributed by atoms with E-state index in [0.717, 1.165) is 11.3 Å². The summed E-state index contributed by atoms with van der Waals surface area (Å²) in [6.45, 7) is 1.77. The molecule has 8 nitrogen and oxygen atoms in total. The molecule has 1 saturated heterocycles. The van der Waals surface area contributed by atoms with E-state index in [4.69, 9.17) is 9.47 Å². The predicted octanol–water partition coefficient (Wildman–Crippen LogP) is -0.673. The van der Waals surface area contributed by atoms with Crippen LogP contribution in [0.1, 0.15) is 18.9 Å². The third kappa shape index (κ3) is 5.42. The van der Waals surface area contributed by atoms with Gasteiger partial charge in [-0.2, -0.15) is 0 Å². The summed E-state index contributed by atoms with van der Waals surface area (Å²) in [6.07, 6.45) is -3.95. The molecule has 0 radical (unpaired) electrons. The number of nitrogens with one attached hydrogen (secondary N) is 2. The van der Waals surface area contributed by atoms with Crippen LogP contribution in [0.2, 0.25) is 0 Å². The number of carbonyl (C=O) groups is 2. The second-order valence-corrected chi connectivity index (χ2v) is 5.96. The molecule has 25 heavy (non-hydrogen) atoms. The maximum absolute atomic E-state index is 12.0. The smallest absolute Gasteiger partial charge is 0.222 e. The van der Waals surface area contributed by atoms with Crippen LogP contribution in [0.15, 0.2) is 24.3 Å². The van der Waals surface area contributed by atoms with Crippen LogP contribution in [-0.2, 0) is 20.9 Å². The van der Waals surface area contributed by atoms with E-state index in [1.807, 2.05) is 12.1 Å². The molecule has 0 aromatic heterocycles. The van der Waals surface area contributed by atoms with Crippen molar-refractivity contribution in [2.45, 2.75) is 44.3 Å². The van der Waals surface area contributed by atoms with Crippen molar-refractivity contribution in [2.75, 3.05) is 13.7 Å². The van der Waals surface area contributed by atoms with Gasteiger partial charge in [0.1, 0.15) is 24.1 Å². The standard InChI is InChI=1S/C17H24N2O6/c1-10(20)18-9-14-17(23)16(22)13(25-14)7-15(21)19-8-11-3-5-12(24-2)6-4-11/h3-6,13-14,16-17,22-23H,7-9H2,1-2H3,(H,18,20)(H,19,21)/t13-,14+,16-,17+/m0/s1. The molecule has 138 valence electrons. The highest BCUT2D eigenvalue weighted by atomic mass is 16.5. The molecule has 1 aliphatic heterocycles. The van der Waals surface area contributed by atoms with Gasteiger partial charge in [-0.05, 0) is 17.7 Å². The fourth-order valence-electron chi connectivity index (χ4n) is 2.61. The van der Waals surface area contributed by atoms with E-state index < -0.39 is 24.4 Å². The first-order valence-corrected chi connectivity index (χ1v) is 8.06. The third-order valence-electron chi connectivity index (χ3n) is 4.05. The Morgan fingerprint density at radius 2 is 1.76 bits per heavy atom. The Balaban J connectivity index is 1.80. The zero-order chi connectivity index (χ0) is 18.4. The van der Waals surface area contributed by atoms with Gasteiger partial charge < -0.3 is 30.3 Å². The summed E-state index contributed by atoms with van der Waals surface area (Å²) in [5, 5.41) is 25.2. The summed E-state index contributed by atoms with van der Waals surface area (Å²) >= 11 is 0. The topological polar surface area (TPSA) is 117 Å². The summed E-state index contributed by atoms with van der Waals surface area (Å²) in [6, 6.07) is 7.28. The van der Waals surface area contributed by atoms with Gasteiger partial charge in [0.15, 0.2) is 0 Å². The lowest BCUT2D eigenvalue weighted by Crippen LogP contribution is -2.39. The van der Waals surface area contributed by atoms with Crippen LogP contribution in [0.3, 0.4) is 0 Å². The first-order chi connectivity index (χ1) is 11.9. The minimum Gasteiger partial charge on any atom is -0.497 e. The molecule has 0 unspecified atom stereocenters. The molecule has 2 rings (SSSR count). The largest absolute Gasteiger partial charge is 0.497 e. The quantitative estimate of drug-likeness (QED) is 0.517. The van der Waals surface area contributed by atoms with Crippen LogP contribution >= 0.6 is 0 Å². The van der Waals surface area contributed by atoms with Crippen molar-refractivity contribution in [3.8, 4) is 5.75 Å². The molecule has 0 saturated carbocycles. The third-order valence-corrected chi connectivity index (χ3v) is 4.05. The van der Waals surface area contributed by atoms with E-state index in [-0.39, 0.29) is 24.8 Å². The maximum atomic E-state index is 12.0. The van der Waals surface area contributed by atoms with Gasteiger partial charge in [-0.1, -0.05) is 12.1 Å². The maximum Gasteiger partial charge on any atom is 0.222 e. The van der Waals surface area contributed by atoms with Gasteiger partial charge in [0.25, 0.3) is 0 Å². The molecule has 1 aromatic rings. The first kappa shape index (κ1) is 19.2. The molecule has 1 aliphatic rings. The highest BCUT2D eigenvalue weighted by Gasteiger charge is 2.43. The summed E-state index contributed by atoms with van der Waals surface area (Å²) in [7, 11) is 1.58. The first-order valence-electron chi connectivity index (χ1n) is 8.06. The van der Waals surface area contributed by atoms with Gasteiger partial charge in [-0.25, -0.2) is 0 Å². The van der Waals surface area contributed by atoms with E-state index in [1.54, 1.807) is 19.2 Å². The van der Waals surface area contributed by atoms with Crippen LogP contribution in [-0.4, -0.2) is 60.1 Å². The Kier molecular flexibility index (Phi) is 6.74. The van der Waals surface area contributed by atoms with E-state index in [2.05, 4.69) is 10.6 Å². The Labute approximate surface area is 146 Å². The lowest BCUT2D eigenvalue weighted by atomic mass is 10.1. The molecule has 1 fully saturated rings. The Bertz CT molecular complexity index is 591. The molecule has 0 bridgehead atoms. The van der Waals surface area contributed by atoms with Crippen LogP contribution in [0, 0.1) is 0 Å². The van der Waals surface area contributed by atoms with E-state index in [9.17, 15) is 19.8 Å². The van der Waals surface area contributed by atoms with Crippen LogP contribution < -0.4 is 15.4 Å². The number of aliphatic hydroxyl groups excluding tert-OH is 2. The van der Waals surface area contributed by atoms with E-state index in [1.165, 1.54) is 6.92 Å². The fraction of sp³-hybridized carbons (Fsp3) is 0.529. The number of carbonyl (C=O) groups excluding carboxylic acids is 2. The van der Waals surface area contributed by atoms with Crippen molar-refractivity contribution in [2.24, 2.45) is 0 Å². The number of benzene rings is 1. The lowest BCUT2D eigenvalue weighted by Gasteiger charge is -2.14. The highest BCUT2D eigenvalue weighted by molar-refractivity contribution is 5.76. The van der Waals surface area contributed by atoms with Gasteiger partial charge >= 0.3 is 0 Å². The lowest BCUT2D eigenvalue weighted by molar-refractivity contribution is -0.125. The molecule has 8 heteroatoms. The minimum absolute atomic E-state index is 0.0784. The van der Waals surface area contributed by atoms with Gasteiger partial charge in [0, 0.05) is 20.0 Å². The number of aliphatic hydroxyl groups is 2. The van der Waals surface area contributed by atoms with Crippen LogP contribution in [0.25, 0.3) is 0 Å². The molecule has 1 heterocycles. The van der Waals surface area contributed by atoms with Crippen molar-refractivity contribution in [3.05, 3.63) is 29.8 Å². The van der Waals surface area contributed by atoms with Crippen molar-refractivity contribution >= 4 is 11.8 Å². The summed E-state index contributed by atoms with van der Waals surface area (Å²) in [5.41, 5.74) is 0.908. The van der Waals surface area contributed by atoms with E-state index in [0.29, 0.717) is 6.54 Å².